The summed E-state index contributed by atoms with van der Waals surface area (Å²) in [7, 11) is -3.87. The number of sulfonamides is 1. The maximum atomic E-state index is 14.4. The van der Waals surface area contributed by atoms with Gasteiger partial charge in [-0.1, -0.05) is 57.9 Å². The van der Waals surface area contributed by atoms with Crippen LogP contribution in [0.4, 0.5) is 9.18 Å². The molecule has 274 valence electrons. The van der Waals surface area contributed by atoms with Crippen LogP contribution in [-0.4, -0.2) is 84.1 Å². The number of hydrogen-bond donors (Lipinski definition) is 3. The molecule has 0 unspecified atom stereocenters. The summed E-state index contributed by atoms with van der Waals surface area (Å²) < 4.78 is 48.0. The van der Waals surface area contributed by atoms with Crippen LogP contribution in [0.25, 0.3) is 0 Å². The van der Waals surface area contributed by atoms with E-state index in [0.717, 1.165) is 32.1 Å². The second kappa shape index (κ2) is 14.2. The molecule has 2 saturated carbocycles. The number of carbonyl (C=O) groups is 4. The number of rotatable bonds is 7. The van der Waals surface area contributed by atoms with E-state index in [1.165, 1.54) is 15.9 Å². The van der Waals surface area contributed by atoms with E-state index < -0.39 is 68.6 Å². The third kappa shape index (κ3) is 8.17. The first-order valence-corrected chi connectivity index (χ1v) is 19.5. The number of halogens is 1. The highest BCUT2D eigenvalue weighted by atomic mass is 32.2. The van der Waals surface area contributed by atoms with E-state index in [1.807, 2.05) is 12.2 Å². The molecule has 1 aromatic rings. The first-order valence-electron chi connectivity index (χ1n) is 18.0. The number of ether oxygens (including phenoxy) is 1. The maximum absolute atomic E-state index is 14.4. The van der Waals surface area contributed by atoms with Gasteiger partial charge in [-0.25, -0.2) is 17.6 Å². The van der Waals surface area contributed by atoms with Crippen LogP contribution in [-0.2, 0) is 42.2 Å². The summed E-state index contributed by atoms with van der Waals surface area (Å²) in [5, 5.41) is 5.68. The molecule has 3 N–H and O–H groups in total. The highest BCUT2D eigenvalue weighted by Gasteiger charge is 2.62. The van der Waals surface area contributed by atoms with Gasteiger partial charge in [-0.15, -0.1) is 0 Å². The maximum Gasteiger partial charge on any atom is 0.410 e. The van der Waals surface area contributed by atoms with Gasteiger partial charge in [0.15, 0.2) is 0 Å². The standard InChI is InChI=1S/C36H50FN5O7S/c1-35(2,3)16-17-38-29-13-8-6-4-5-7-11-24-19-36(24,33(45)40-50(47,48)26-14-15-26)39-31(43)30-18-25(21-42(30)32(29)44)49-34(46)41-20-23-10-9-12-28(37)27(23)22-41/h7,9-12,24-26,29-30,38H,4-6,8,13-22H2,1-3H3,(H,39,43)(H,40,45)/b11-7-/t24-,25+,29-,30-,36+/m0/s1. The molecule has 0 aromatic heterocycles. The van der Waals surface area contributed by atoms with Crippen LogP contribution in [0.1, 0.15) is 96.1 Å². The number of allylic oxidation sites excluding steroid dienone is 1. The summed E-state index contributed by atoms with van der Waals surface area (Å²) in [6, 6.07) is 3.06. The zero-order chi connectivity index (χ0) is 35.8. The molecule has 1 aromatic carbocycles. The second-order valence-electron chi connectivity index (χ2n) is 15.8. The molecule has 14 heteroatoms. The van der Waals surface area contributed by atoms with Gasteiger partial charge in [0, 0.05) is 24.4 Å². The molecule has 6 rings (SSSR count). The van der Waals surface area contributed by atoms with Crippen molar-refractivity contribution in [3.63, 3.8) is 0 Å². The second-order valence-corrected chi connectivity index (χ2v) is 17.8. The molecule has 0 spiro atoms. The molecule has 3 heterocycles. The Hall–Kier alpha value is -3.52. The van der Waals surface area contributed by atoms with Crippen LogP contribution in [0.3, 0.4) is 0 Å². The van der Waals surface area contributed by atoms with Crippen LogP contribution in [0.5, 0.6) is 0 Å². The van der Waals surface area contributed by atoms with Crippen molar-refractivity contribution in [2.75, 3.05) is 13.1 Å². The topological polar surface area (TPSA) is 154 Å². The van der Waals surface area contributed by atoms with Crippen molar-refractivity contribution in [1.82, 2.24) is 25.2 Å². The van der Waals surface area contributed by atoms with Crippen molar-refractivity contribution in [1.29, 1.82) is 0 Å². The van der Waals surface area contributed by atoms with Crippen molar-refractivity contribution >= 4 is 33.8 Å². The van der Waals surface area contributed by atoms with Gasteiger partial charge in [0.2, 0.25) is 21.8 Å². The lowest BCUT2D eigenvalue weighted by Crippen LogP contribution is -2.58. The van der Waals surface area contributed by atoms with Gasteiger partial charge in [0.25, 0.3) is 5.91 Å². The monoisotopic (exact) mass is 715 g/mol. The first kappa shape index (κ1) is 36.3. The number of nitrogens with one attached hydrogen (secondary N) is 3. The van der Waals surface area contributed by atoms with Crippen LogP contribution < -0.4 is 15.4 Å². The number of nitrogens with zero attached hydrogens (tertiary/aromatic N) is 2. The molecule has 3 aliphatic heterocycles. The minimum Gasteiger partial charge on any atom is -0.444 e. The average Bonchev–Trinajstić information content (AvgIpc) is 3.93. The predicted molar refractivity (Wildman–Crippen MR) is 183 cm³/mol. The first-order chi connectivity index (χ1) is 23.7. The van der Waals surface area contributed by atoms with Gasteiger partial charge in [0.05, 0.1) is 24.4 Å². The number of carbonyl (C=O) groups excluding carboxylic acids is 4. The Labute approximate surface area is 294 Å². The average molecular weight is 716 g/mol. The lowest BCUT2D eigenvalue weighted by atomic mass is 9.92. The predicted octanol–water partition coefficient (Wildman–Crippen LogP) is 3.65. The third-order valence-electron chi connectivity index (χ3n) is 10.6. The Bertz CT molecular complexity index is 1640. The number of fused-ring (bicyclic) bond motifs is 3. The van der Waals surface area contributed by atoms with Crippen molar-refractivity contribution < 1.29 is 36.7 Å². The SMILES string of the molecule is CC(C)(C)CCN[C@H]1CCCCC/C=C\[C@H]2C[C@@]2(C(=O)NS(=O)(=O)C2CC2)NC(=O)[C@@H]2C[C@@H](OC(=O)N3Cc4cccc(F)c4C3)CN2C1=O. The fourth-order valence-electron chi connectivity index (χ4n) is 7.25. The minimum absolute atomic E-state index is 0.00818. The zero-order valence-corrected chi connectivity index (χ0v) is 30.0. The smallest absolute Gasteiger partial charge is 0.410 e. The van der Waals surface area contributed by atoms with Gasteiger partial charge in [-0.05, 0) is 68.5 Å². The molecule has 3 fully saturated rings. The van der Waals surface area contributed by atoms with Crippen LogP contribution in [0, 0.1) is 17.2 Å². The molecule has 0 radical (unpaired) electrons. The number of benzene rings is 1. The summed E-state index contributed by atoms with van der Waals surface area (Å²) in [5.74, 6) is -2.48. The van der Waals surface area contributed by atoms with Crippen LogP contribution >= 0.6 is 0 Å². The summed E-state index contributed by atoms with van der Waals surface area (Å²) >= 11 is 0. The minimum atomic E-state index is -3.87. The Morgan fingerprint density at radius 1 is 1.10 bits per heavy atom. The highest BCUT2D eigenvalue weighted by molar-refractivity contribution is 7.91. The van der Waals surface area contributed by atoms with E-state index in [-0.39, 0.29) is 43.8 Å². The molecule has 0 bridgehead atoms. The lowest BCUT2D eigenvalue weighted by molar-refractivity contribution is -0.141. The summed E-state index contributed by atoms with van der Waals surface area (Å²) in [5.41, 5.74) is -0.310. The van der Waals surface area contributed by atoms with Gasteiger partial charge in [0.1, 0.15) is 23.5 Å². The lowest BCUT2D eigenvalue weighted by Gasteiger charge is -2.30. The van der Waals surface area contributed by atoms with E-state index in [9.17, 15) is 32.0 Å². The van der Waals surface area contributed by atoms with E-state index in [0.29, 0.717) is 36.9 Å². The van der Waals surface area contributed by atoms with Crippen molar-refractivity contribution in [3.05, 3.63) is 47.3 Å². The van der Waals surface area contributed by atoms with Crippen LogP contribution in [0.15, 0.2) is 30.4 Å². The molecule has 12 nitrogen and oxygen atoms in total. The normalized spacial score (nSPS) is 29.5. The Balaban J connectivity index is 1.23. The Morgan fingerprint density at radius 3 is 2.60 bits per heavy atom. The zero-order valence-electron chi connectivity index (χ0n) is 29.2. The van der Waals surface area contributed by atoms with Gasteiger partial charge < -0.3 is 20.3 Å². The van der Waals surface area contributed by atoms with Crippen molar-refractivity contribution in [3.8, 4) is 0 Å². The van der Waals surface area contributed by atoms with E-state index in [4.69, 9.17) is 4.74 Å². The van der Waals surface area contributed by atoms with Gasteiger partial charge in [-0.2, -0.15) is 0 Å². The molecule has 5 aliphatic rings. The Morgan fingerprint density at radius 2 is 1.88 bits per heavy atom. The third-order valence-corrected chi connectivity index (χ3v) is 12.4. The van der Waals surface area contributed by atoms with Gasteiger partial charge >= 0.3 is 6.09 Å². The molecule has 1 saturated heterocycles. The quantitative estimate of drug-likeness (QED) is 0.362. The van der Waals surface area contributed by atoms with Crippen molar-refractivity contribution in [2.24, 2.45) is 11.3 Å². The highest BCUT2D eigenvalue weighted by Crippen LogP contribution is 2.46. The number of amides is 4. The molecular weight excluding hydrogens is 665 g/mol. The van der Waals surface area contributed by atoms with Gasteiger partial charge in [-0.3, -0.25) is 24.0 Å². The molecule has 4 amide bonds. The fraction of sp³-hybridized carbons (Fsp3) is 0.667. The summed E-state index contributed by atoms with van der Waals surface area (Å²) in [4.78, 5) is 58.3. The van der Waals surface area contributed by atoms with E-state index in [1.54, 1.807) is 12.1 Å². The molecule has 5 atom stereocenters. The molecule has 50 heavy (non-hydrogen) atoms. The fourth-order valence-corrected chi connectivity index (χ4v) is 8.62. The van der Waals surface area contributed by atoms with E-state index >= 15 is 0 Å². The molecular formula is C36H50FN5O7S. The summed E-state index contributed by atoms with van der Waals surface area (Å²) in [6.07, 6.45) is 8.22. The largest absolute Gasteiger partial charge is 0.444 e. The van der Waals surface area contributed by atoms with Crippen LogP contribution in [0.2, 0.25) is 0 Å². The number of hydrogen-bond acceptors (Lipinski definition) is 8. The molecule has 2 aliphatic carbocycles. The van der Waals surface area contributed by atoms with Crippen molar-refractivity contribution in [2.45, 2.75) is 127 Å². The summed E-state index contributed by atoms with van der Waals surface area (Å²) in [6.45, 7) is 7.17. The van der Waals surface area contributed by atoms with E-state index in [2.05, 4.69) is 36.1 Å². The Kier molecular flexibility index (Phi) is 10.3.